The first-order valence-corrected chi connectivity index (χ1v) is 9.76. The predicted molar refractivity (Wildman–Crippen MR) is 115 cm³/mol. The average molecular weight is 390 g/mol. The summed E-state index contributed by atoms with van der Waals surface area (Å²) in [5.74, 6) is 2.63. The second-order valence-corrected chi connectivity index (χ2v) is 6.61. The Kier molecular flexibility index (Phi) is 7.10. The van der Waals surface area contributed by atoms with E-state index in [0.717, 1.165) is 17.8 Å². The van der Waals surface area contributed by atoms with Crippen molar-refractivity contribution in [1.82, 2.24) is 20.3 Å². The van der Waals surface area contributed by atoms with Gasteiger partial charge in [0.2, 0.25) is 5.91 Å². The Bertz CT molecular complexity index is 917. The maximum atomic E-state index is 12.5. The molecule has 3 N–H and O–H groups in total. The van der Waals surface area contributed by atoms with Gasteiger partial charge < -0.3 is 16.0 Å². The smallest absolute Gasteiger partial charge is 0.227 e. The van der Waals surface area contributed by atoms with Crippen molar-refractivity contribution >= 4 is 23.4 Å². The fraction of sp³-hybridized carbons (Fsp3) is 0.273. The first kappa shape index (κ1) is 20.3. The van der Waals surface area contributed by atoms with Crippen LogP contribution >= 0.6 is 0 Å². The Morgan fingerprint density at radius 3 is 2.45 bits per heavy atom. The third-order valence-corrected chi connectivity index (χ3v) is 4.42. The molecule has 0 aliphatic heterocycles. The zero-order valence-electron chi connectivity index (χ0n) is 16.7. The van der Waals surface area contributed by atoms with Crippen molar-refractivity contribution in [3.8, 4) is 0 Å². The van der Waals surface area contributed by atoms with Crippen molar-refractivity contribution in [2.45, 2.75) is 26.2 Å². The van der Waals surface area contributed by atoms with Gasteiger partial charge in [-0.05, 0) is 31.0 Å². The summed E-state index contributed by atoms with van der Waals surface area (Å²) < 4.78 is 0. The van der Waals surface area contributed by atoms with Gasteiger partial charge in [-0.2, -0.15) is 0 Å². The monoisotopic (exact) mass is 390 g/mol. The minimum Gasteiger partial charge on any atom is -0.368 e. The number of amides is 1. The highest BCUT2D eigenvalue weighted by Crippen LogP contribution is 2.19. The number of carbonyl (C=O) groups excluding carboxylic acids is 1. The fourth-order valence-corrected chi connectivity index (χ4v) is 3.05. The van der Waals surface area contributed by atoms with E-state index in [1.165, 1.54) is 0 Å². The fourth-order valence-electron chi connectivity index (χ4n) is 3.05. The van der Waals surface area contributed by atoms with E-state index in [-0.39, 0.29) is 11.8 Å². The number of rotatable bonds is 9. The Labute approximate surface area is 171 Å². The summed E-state index contributed by atoms with van der Waals surface area (Å²) in [6, 6.07) is 17.3. The van der Waals surface area contributed by atoms with Crippen molar-refractivity contribution in [3.63, 3.8) is 0 Å². The molecule has 2 heterocycles. The molecule has 3 rings (SSSR count). The van der Waals surface area contributed by atoms with Gasteiger partial charge in [0.15, 0.2) is 0 Å². The number of carbonyl (C=O) groups is 1. The van der Waals surface area contributed by atoms with Gasteiger partial charge in [0.25, 0.3) is 0 Å². The standard InChI is InChI=1S/C22H26N6O/c1-3-18(17-9-5-4-6-10-17)22(29)25-14-13-24-20-15-21(27-16(2)26-20)28-19-11-7-8-12-23-19/h4-12,15,18H,3,13-14H2,1-2H3,(H,25,29)(H2,23,24,26,27,28). The zero-order valence-corrected chi connectivity index (χ0v) is 16.7. The van der Waals surface area contributed by atoms with Crippen LogP contribution < -0.4 is 16.0 Å². The number of aryl methyl sites for hydroxylation is 1. The van der Waals surface area contributed by atoms with Gasteiger partial charge in [-0.3, -0.25) is 4.79 Å². The van der Waals surface area contributed by atoms with Crippen molar-refractivity contribution in [3.05, 3.63) is 72.2 Å². The summed E-state index contributed by atoms with van der Waals surface area (Å²) in [6.07, 6.45) is 2.48. The highest BCUT2D eigenvalue weighted by atomic mass is 16.1. The molecule has 0 fully saturated rings. The van der Waals surface area contributed by atoms with Crippen LogP contribution in [0.5, 0.6) is 0 Å². The summed E-state index contributed by atoms with van der Waals surface area (Å²) in [5.41, 5.74) is 1.04. The van der Waals surface area contributed by atoms with Crippen LogP contribution in [0.1, 0.15) is 30.7 Å². The first-order chi connectivity index (χ1) is 14.2. The van der Waals surface area contributed by atoms with Crippen molar-refractivity contribution in [1.29, 1.82) is 0 Å². The second kappa shape index (κ2) is 10.2. The molecule has 150 valence electrons. The maximum Gasteiger partial charge on any atom is 0.227 e. The lowest BCUT2D eigenvalue weighted by atomic mass is 9.96. The van der Waals surface area contributed by atoms with Gasteiger partial charge in [-0.25, -0.2) is 15.0 Å². The first-order valence-electron chi connectivity index (χ1n) is 9.76. The van der Waals surface area contributed by atoms with E-state index in [0.29, 0.717) is 30.5 Å². The molecule has 1 aromatic carbocycles. The molecule has 0 spiro atoms. The molecule has 2 aromatic heterocycles. The number of hydrogen-bond acceptors (Lipinski definition) is 6. The molecule has 0 saturated heterocycles. The average Bonchev–Trinajstić information content (AvgIpc) is 2.73. The summed E-state index contributed by atoms with van der Waals surface area (Å²) in [7, 11) is 0. The Morgan fingerprint density at radius 2 is 1.72 bits per heavy atom. The van der Waals surface area contributed by atoms with E-state index in [1.54, 1.807) is 6.20 Å². The second-order valence-electron chi connectivity index (χ2n) is 6.61. The van der Waals surface area contributed by atoms with Crippen LogP contribution in [0.2, 0.25) is 0 Å². The van der Waals surface area contributed by atoms with Crippen LogP contribution in [0.15, 0.2) is 60.8 Å². The molecule has 0 bridgehead atoms. The minimum atomic E-state index is -0.133. The van der Waals surface area contributed by atoms with E-state index in [2.05, 4.69) is 30.9 Å². The van der Waals surface area contributed by atoms with E-state index in [1.807, 2.05) is 68.4 Å². The number of aromatic nitrogens is 3. The molecule has 7 heteroatoms. The number of benzene rings is 1. The van der Waals surface area contributed by atoms with Gasteiger partial charge in [0.05, 0.1) is 5.92 Å². The Hall–Kier alpha value is -3.48. The molecule has 1 amide bonds. The van der Waals surface area contributed by atoms with E-state index in [4.69, 9.17) is 0 Å². The normalized spacial score (nSPS) is 11.5. The summed E-state index contributed by atoms with van der Waals surface area (Å²) in [4.78, 5) is 25.5. The van der Waals surface area contributed by atoms with Gasteiger partial charge in [-0.15, -0.1) is 0 Å². The van der Waals surface area contributed by atoms with Crippen molar-refractivity contribution in [2.75, 3.05) is 23.7 Å². The van der Waals surface area contributed by atoms with Gasteiger partial charge in [-0.1, -0.05) is 43.3 Å². The van der Waals surface area contributed by atoms with E-state index >= 15 is 0 Å². The quantitative estimate of drug-likeness (QED) is 0.483. The highest BCUT2D eigenvalue weighted by molar-refractivity contribution is 5.83. The van der Waals surface area contributed by atoms with E-state index < -0.39 is 0 Å². The number of nitrogens with zero attached hydrogens (tertiary/aromatic N) is 3. The van der Waals surface area contributed by atoms with Gasteiger partial charge >= 0.3 is 0 Å². The lowest BCUT2D eigenvalue weighted by Crippen LogP contribution is -2.33. The molecule has 0 radical (unpaired) electrons. The molecule has 3 aromatic rings. The molecule has 1 unspecified atom stereocenters. The molecule has 0 aliphatic rings. The number of pyridine rings is 1. The third-order valence-electron chi connectivity index (χ3n) is 4.42. The Morgan fingerprint density at radius 1 is 0.966 bits per heavy atom. The molecule has 1 atom stereocenters. The number of anilines is 3. The largest absolute Gasteiger partial charge is 0.368 e. The van der Waals surface area contributed by atoms with Gasteiger partial charge in [0.1, 0.15) is 23.3 Å². The summed E-state index contributed by atoms with van der Waals surface area (Å²) in [6.45, 7) is 4.93. The molecule has 0 aliphatic carbocycles. The molecular formula is C22H26N6O. The lowest BCUT2D eigenvalue weighted by Gasteiger charge is -2.16. The van der Waals surface area contributed by atoms with Crippen LogP contribution in [-0.2, 0) is 4.79 Å². The lowest BCUT2D eigenvalue weighted by molar-refractivity contribution is -0.122. The summed E-state index contributed by atoms with van der Waals surface area (Å²) in [5, 5.41) is 9.40. The van der Waals surface area contributed by atoms with Crippen LogP contribution in [0.4, 0.5) is 17.5 Å². The van der Waals surface area contributed by atoms with Crippen molar-refractivity contribution < 1.29 is 4.79 Å². The van der Waals surface area contributed by atoms with Crippen LogP contribution in [0.3, 0.4) is 0 Å². The molecular weight excluding hydrogens is 364 g/mol. The zero-order chi connectivity index (χ0) is 20.5. The predicted octanol–water partition coefficient (Wildman–Crippen LogP) is 3.65. The minimum absolute atomic E-state index is 0.0388. The molecule has 0 saturated carbocycles. The molecule has 29 heavy (non-hydrogen) atoms. The SMILES string of the molecule is CCC(C(=O)NCCNc1cc(Nc2ccccn2)nc(C)n1)c1ccccc1. The van der Waals surface area contributed by atoms with Gasteiger partial charge in [0, 0.05) is 25.4 Å². The Balaban J connectivity index is 1.52. The topological polar surface area (TPSA) is 91.8 Å². The third kappa shape index (κ3) is 6.00. The number of nitrogens with one attached hydrogen (secondary N) is 3. The maximum absolute atomic E-state index is 12.5. The summed E-state index contributed by atoms with van der Waals surface area (Å²) >= 11 is 0. The van der Waals surface area contributed by atoms with Crippen LogP contribution in [-0.4, -0.2) is 33.9 Å². The van der Waals surface area contributed by atoms with E-state index in [9.17, 15) is 4.79 Å². The highest BCUT2D eigenvalue weighted by Gasteiger charge is 2.17. The van der Waals surface area contributed by atoms with Crippen LogP contribution in [0.25, 0.3) is 0 Å². The molecule has 7 nitrogen and oxygen atoms in total. The van der Waals surface area contributed by atoms with Crippen LogP contribution in [0, 0.1) is 6.92 Å². The number of hydrogen-bond donors (Lipinski definition) is 3. The van der Waals surface area contributed by atoms with Crippen molar-refractivity contribution in [2.24, 2.45) is 0 Å².